The molecular weight excluding hydrogens is 478 g/mol. The Labute approximate surface area is 226 Å². The highest BCUT2D eigenvalue weighted by Crippen LogP contribution is 2.36. The summed E-state index contributed by atoms with van der Waals surface area (Å²) in [5.74, 6) is -0.421. The maximum absolute atomic E-state index is 13.2. The van der Waals surface area contributed by atoms with Crippen LogP contribution in [0, 0.1) is 0 Å². The van der Waals surface area contributed by atoms with Gasteiger partial charge in [0.2, 0.25) is 0 Å². The van der Waals surface area contributed by atoms with E-state index in [9.17, 15) is 9.59 Å². The molecule has 0 bridgehead atoms. The van der Waals surface area contributed by atoms with Gasteiger partial charge in [-0.1, -0.05) is 78.9 Å². The summed E-state index contributed by atoms with van der Waals surface area (Å²) in [4.78, 5) is 28.7. The molecule has 3 nitrogen and oxygen atoms in total. The summed E-state index contributed by atoms with van der Waals surface area (Å²) in [6.45, 7) is 0. The zero-order valence-electron chi connectivity index (χ0n) is 21.0. The van der Waals surface area contributed by atoms with E-state index in [2.05, 4.69) is 47.4 Å². The third-order valence-corrected chi connectivity index (χ3v) is 7.31. The number of carbonyl (C=O) groups is 2. The Morgan fingerprint density at radius 2 is 0.923 bits per heavy atom. The largest absolute Gasteiger partial charge is 0.310 e. The van der Waals surface area contributed by atoms with Gasteiger partial charge in [-0.15, -0.1) is 0 Å². The molecule has 0 fully saturated rings. The molecule has 0 N–H and O–H groups in total. The first-order chi connectivity index (χ1) is 19.2. The first-order valence-corrected chi connectivity index (χ1v) is 12.9. The normalized spacial score (nSPS) is 12.7. The zero-order chi connectivity index (χ0) is 26.3. The number of para-hydroxylation sites is 2. The molecule has 0 spiro atoms. The molecule has 7 rings (SSSR count). The minimum Gasteiger partial charge on any atom is -0.310 e. The van der Waals surface area contributed by atoms with Crippen molar-refractivity contribution in [3.8, 4) is 0 Å². The average molecular weight is 502 g/mol. The highest BCUT2D eigenvalue weighted by Gasteiger charge is 2.33. The molecule has 1 aliphatic carbocycles. The van der Waals surface area contributed by atoms with Crippen molar-refractivity contribution in [3.63, 3.8) is 0 Å². The van der Waals surface area contributed by atoms with Crippen LogP contribution in [-0.2, 0) is 0 Å². The van der Waals surface area contributed by atoms with Crippen LogP contribution in [0.2, 0.25) is 0 Å². The first-order valence-electron chi connectivity index (χ1n) is 12.9. The van der Waals surface area contributed by atoms with Gasteiger partial charge in [0.1, 0.15) is 0 Å². The number of ketones is 2. The Kier molecular flexibility index (Phi) is 5.42. The van der Waals surface area contributed by atoms with Gasteiger partial charge < -0.3 is 4.90 Å². The van der Waals surface area contributed by atoms with E-state index in [1.165, 1.54) is 0 Å². The third kappa shape index (κ3) is 4.01. The number of hydrogen-bond acceptors (Lipinski definition) is 3. The number of rotatable bonds is 4. The minimum absolute atomic E-state index is 0.211. The summed E-state index contributed by atoms with van der Waals surface area (Å²) < 4.78 is 0. The molecular formula is C36H23NO2. The standard InChI is InChI=1S/C36H23NO2/c38-35-32-22-25-9-7-8-10-26(25)23-33(32)36(39)34(35)20-24-15-16-28-21-31(18-17-27(28)19-24)37(29-11-3-1-4-12-29)30-13-5-2-6-14-30/h1-23H. The van der Waals surface area contributed by atoms with Crippen molar-refractivity contribution < 1.29 is 9.59 Å². The Balaban J connectivity index is 1.26. The molecule has 0 amide bonds. The summed E-state index contributed by atoms with van der Waals surface area (Å²) in [6, 6.07) is 44.5. The van der Waals surface area contributed by atoms with Gasteiger partial charge in [0.15, 0.2) is 11.6 Å². The topological polar surface area (TPSA) is 37.4 Å². The number of carbonyl (C=O) groups excluding carboxylic acids is 2. The molecule has 39 heavy (non-hydrogen) atoms. The molecule has 0 radical (unpaired) electrons. The fourth-order valence-corrected chi connectivity index (χ4v) is 5.39. The lowest BCUT2D eigenvalue weighted by Crippen LogP contribution is -2.09. The summed E-state index contributed by atoms with van der Waals surface area (Å²) >= 11 is 0. The lowest BCUT2D eigenvalue weighted by molar-refractivity contribution is 0.0990. The fourth-order valence-electron chi connectivity index (χ4n) is 5.39. The second-order valence-corrected chi connectivity index (χ2v) is 9.76. The number of fused-ring (bicyclic) bond motifs is 3. The molecule has 0 unspecified atom stereocenters. The highest BCUT2D eigenvalue weighted by atomic mass is 16.2. The van der Waals surface area contributed by atoms with Crippen LogP contribution in [0.25, 0.3) is 27.6 Å². The van der Waals surface area contributed by atoms with E-state index in [0.717, 1.165) is 44.2 Å². The van der Waals surface area contributed by atoms with Crippen LogP contribution < -0.4 is 4.90 Å². The Morgan fingerprint density at radius 1 is 0.436 bits per heavy atom. The van der Waals surface area contributed by atoms with Crippen LogP contribution >= 0.6 is 0 Å². The van der Waals surface area contributed by atoms with Crippen molar-refractivity contribution in [2.75, 3.05) is 4.90 Å². The van der Waals surface area contributed by atoms with Crippen LogP contribution in [0.15, 0.2) is 139 Å². The molecule has 3 heteroatoms. The van der Waals surface area contributed by atoms with E-state index in [1.54, 1.807) is 6.08 Å². The third-order valence-electron chi connectivity index (χ3n) is 7.31. The van der Waals surface area contributed by atoms with Gasteiger partial charge in [0.05, 0.1) is 5.57 Å². The smallest absolute Gasteiger partial charge is 0.197 e. The number of anilines is 3. The number of allylic oxidation sites excluding steroid dienone is 1. The van der Waals surface area contributed by atoms with Crippen LogP contribution in [0.5, 0.6) is 0 Å². The first kappa shape index (κ1) is 22.9. The molecule has 0 atom stereocenters. The van der Waals surface area contributed by atoms with E-state index in [0.29, 0.717) is 11.1 Å². The van der Waals surface area contributed by atoms with E-state index >= 15 is 0 Å². The van der Waals surface area contributed by atoms with Crippen LogP contribution in [0.4, 0.5) is 17.1 Å². The summed E-state index contributed by atoms with van der Waals surface area (Å²) in [5.41, 5.74) is 5.22. The second-order valence-electron chi connectivity index (χ2n) is 9.76. The molecule has 6 aromatic carbocycles. The predicted octanol–water partition coefficient (Wildman–Crippen LogP) is 8.93. The van der Waals surface area contributed by atoms with Gasteiger partial charge in [-0.2, -0.15) is 0 Å². The fraction of sp³-hybridized carbons (Fsp3) is 0. The molecule has 0 aliphatic heterocycles. The van der Waals surface area contributed by atoms with E-state index in [1.807, 2.05) is 91.0 Å². The molecule has 0 saturated heterocycles. The molecule has 0 saturated carbocycles. The molecule has 6 aromatic rings. The summed E-state index contributed by atoms with van der Waals surface area (Å²) in [6.07, 6.45) is 1.73. The molecule has 184 valence electrons. The molecule has 1 aliphatic rings. The van der Waals surface area contributed by atoms with Crippen molar-refractivity contribution in [1.29, 1.82) is 0 Å². The number of Topliss-reactive ketones (excluding diaryl/α,β-unsaturated/α-hetero) is 2. The Bertz CT molecular complexity index is 1840. The van der Waals surface area contributed by atoms with Gasteiger partial charge in [-0.25, -0.2) is 0 Å². The number of nitrogens with zero attached hydrogens (tertiary/aromatic N) is 1. The van der Waals surface area contributed by atoms with Gasteiger partial charge in [0, 0.05) is 28.2 Å². The van der Waals surface area contributed by atoms with Crippen LogP contribution in [0.1, 0.15) is 26.3 Å². The van der Waals surface area contributed by atoms with Crippen molar-refractivity contribution in [1.82, 2.24) is 0 Å². The SMILES string of the molecule is O=C1C(=Cc2ccc3cc(N(c4ccccc4)c4ccccc4)ccc3c2)C(=O)c2cc3ccccc3cc21. The zero-order valence-corrected chi connectivity index (χ0v) is 21.0. The van der Waals surface area contributed by atoms with Crippen molar-refractivity contribution in [2.45, 2.75) is 0 Å². The van der Waals surface area contributed by atoms with E-state index < -0.39 is 0 Å². The number of benzene rings is 6. The highest BCUT2D eigenvalue weighted by molar-refractivity contribution is 6.42. The monoisotopic (exact) mass is 501 g/mol. The quantitative estimate of drug-likeness (QED) is 0.179. The number of hydrogen-bond donors (Lipinski definition) is 0. The summed E-state index contributed by atoms with van der Waals surface area (Å²) in [7, 11) is 0. The lowest BCUT2D eigenvalue weighted by Gasteiger charge is -2.25. The van der Waals surface area contributed by atoms with Crippen molar-refractivity contribution in [3.05, 3.63) is 156 Å². The lowest BCUT2D eigenvalue weighted by atomic mass is 10.0. The van der Waals surface area contributed by atoms with Gasteiger partial charge >= 0.3 is 0 Å². The van der Waals surface area contributed by atoms with Crippen LogP contribution in [0.3, 0.4) is 0 Å². The predicted molar refractivity (Wildman–Crippen MR) is 159 cm³/mol. The van der Waals surface area contributed by atoms with Crippen LogP contribution in [-0.4, -0.2) is 11.6 Å². The molecule has 0 aromatic heterocycles. The summed E-state index contributed by atoms with van der Waals surface area (Å²) in [5, 5.41) is 4.03. The maximum Gasteiger partial charge on any atom is 0.197 e. The van der Waals surface area contributed by atoms with Crippen molar-refractivity contribution in [2.24, 2.45) is 0 Å². The van der Waals surface area contributed by atoms with E-state index in [-0.39, 0.29) is 17.1 Å². The van der Waals surface area contributed by atoms with Gasteiger partial charge in [0.25, 0.3) is 0 Å². The minimum atomic E-state index is -0.211. The Morgan fingerprint density at radius 3 is 1.51 bits per heavy atom. The molecule has 0 heterocycles. The van der Waals surface area contributed by atoms with Gasteiger partial charge in [-0.3, -0.25) is 9.59 Å². The second kappa shape index (κ2) is 9.23. The maximum atomic E-state index is 13.2. The Hall–Kier alpha value is -5.28. The van der Waals surface area contributed by atoms with E-state index in [4.69, 9.17) is 0 Å². The van der Waals surface area contributed by atoms with Crippen molar-refractivity contribution >= 4 is 56.2 Å². The van der Waals surface area contributed by atoms with Gasteiger partial charge in [-0.05, 0) is 87.8 Å². The average Bonchev–Trinajstić information content (AvgIpc) is 3.21.